The highest BCUT2D eigenvalue weighted by molar-refractivity contribution is 6.31. The molecule has 0 saturated heterocycles. The SMILES string of the molecule is CCCOc1c[nH]c(Cn2ccc3cc(Cl)ccc32)cc1=O. The van der Waals surface area contributed by atoms with Crippen molar-refractivity contribution in [1.29, 1.82) is 0 Å². The van der Waals surface area contributed by atoms with E-state index in [-0.39, 0.29) is 5.43 Å². The average molecular weight is 317 g/mol. The lowest BCUT2D eigenvalue weighted by Gasteiger charge is -2.08. The van der Waals surface area contributed by atoms with Gasteiger partial charge in [-0.25, -0.2) is 0 Å². The fourth-order valence-electron chi connectivity index (χ4n) is 2.41. The van der Waals surface area contributed by atoms with Crippen molar-refractivity contribution in [2.75, 3.05) is 6.61 Å². The van der Waals surface area contributed by atoms with Gasteiger partial charge in [0.25, 0.3) is 0 Å². The number of hydrogen-bond donors (Lipinski definition) is 1. The number of pyridine rings is 1. The number of ether oxygens (including phenoxy) is 1. The average Bonchev–Trinajstić information content (AvgIpc) is 2.88. The summed E-state index contributed by atoms with van der Waals surface area (Å²) in [5, 5.41) is 1.80. The lowest BCUT2D eigenvalue weighted by molar-refractivity contribution is 0.313. The first-order chi connectivity index (χ1) is 10.7. The van der Waals surface area contributed by atoms with E-state index in [2.05, 4.69) is 9.55 Å². The van der Waals surface area contributed by atoms with Crippen molar-refractivity contribution in [1.82, 2.24) is 9.55 Å². The number of H-pyrrole nitrogens is 1. The van der Waals surface area contributed by atoms with E-state index in [1.807, 2.05) is 37.4 Å². The van der Waals surface area contributed by atoms with Crippen LogP contribution in [-0.4, -0.2) is 16.2 Å². The second-order valence-electron chi connectivity index (χ2n) is 5.18. The number of aromatic nitrogens is 2. The van der Waals surface area contributed by atoms with Crippen LogP contribution < -0.4 is 10.2 Å². The molecule has 0 unspecified atom stereocenters. The molecule has 0 bridgehead atoms. The molecule has 3 rings (SSSR count). The number of fused-ring (bicyclic) bond motifs is 1. The number of hydrogen-bond acceptors (Lipinski definition) is 2. The van der Waals surface area contributed by atoms with Gasteiger partial charge in [-0.1, -0.05) is 18.5 Å². The molecule has 0 fully saturated rings. The van der Waals surface area contributed by atoms with Crippen LogP contribution in [-0.2, 0) is 6.54 Å². The predicted octanol–water partition coefficient (Wildman–Crippen LogP) is 3.82. The van der Waals surface area contributed by atoms with Gasteiger partial charge in [0, 0.05) is 40.1 Å². The van der Waals surface area contributed by atoms with Crippen LogP contribution in [0, 0.1) is 0 Å². The van der Waals surface area contributed by atoms with Gasteiger partial charge in [-0.2, -0.15) is 0 Å². The first kappa shape index (κ1) is 14.7. The van der Waals surface area contributed by atoms with Gasteiger partial charge in [0.2, 0.25) is 5.43 Å². The molecule has 1 N–H and O–H groups in total. The van der Waals surface area contributed by atoms with E-state index in [0.29, 0.717) is 18.9 Å². The lowest BCUT2D eigenvalue weighted by Crippen LogP contribution is -2.11. The number of rotatable bonds is 5. The van der Waals surface area contributed by atoms with E-state index < -0.39 is 0 Å². The van der Waals surface area contributed by atoms with Crippen molar-refractivity contribution in [3.05, 3.63) is 63.7 Å². The van der Waals surface area contributed by atoms with E-state index in [1.165, 1.54) is 0 Å². The van der Waals surface area contributed by atoms with E-state index in [0.717, 1.165) is 28.0 Å². The normalized spacial score (nSPS) is 11.0. The van der Waals surface area contributed by atoms with Crippen molar-refractivity contribution in [2.45, 2.75) is 19.9 Å². The third kappa shape index (κ3) is 3.02. The van der Waals surface area contributed by atoms with Gasteiger partial charge in [0.1, 0.15) is 0 Å². The Bertz CT molecular complexity index is 851. The highest BCUT2D eigenvalue weighted by Gasteiger charge is 2.06. The van der Waals surface area contributed by atoms with E-state index in [9.17, 15) is 4.79 Å². The van der Waals surface area contributed by atoms with Crippen LogP contribution in [0.25, 0.3) is 10.9 Å². The zero-order valence-electron chi connectivity index (χ0n) is 12.3. The van der Waals surface area contributed by atoms with Crippen molar-refractivity contribution in [3.63, 3.8) is 0 Å². The van der Waals surface area contributed by atoms with Crippen LogP contribution in [0.2, 0.25) is 5.02 Å². The molecule has 22 heavy (non-hydrogen) atoms. The third-order valence-electron chi connectivity index (χ3n) is 3.47. The lowest BCUT2D eigenvalue weighted by atomic mass is 10.2. The molecular formula is C17H17ClN2O2. The summed E-state index contributed by atoms with van der Waals surface area (Å²) in [6, 6.07) is 9.38. The summed E-state index contributed by atoms with van der Waals surface area (Å²) in [6.07, 6.45) is 4.50. The van der Waals surface area contributed by atoms with Gasteiger partial charge >= 0.3 is 0 Å². The first-order valence-electron chi connectivity index (χ1n) is 7.26. The van der Waals surface area contributed by atoms with Crippen molar-refractivity contribution < 1.29 is 4.74 Å². The Morgan fingerprint density at radius 2 is 2.14 bits per heavy atom. The van der Waals surface area contributed by atoms with Crippen LogP contribution in [0.4, 0.5) is 0 Å². The molecule has 0 atom stereocenters. The number of aromatic amines is 1. The van der Waals surface area contributed by atoms with Crippen LogP contribution >= 0.6 is 11.6 Å². The summed E-state index contributed by atoms with van der Waals surface area (Å²) >= 11 is 6.00. The van der Waals surface area contributed by atoms with Crippen molar-refractivity contribution in [2.24, 2.45) is 0 Å². The monoisotopic (exact) mass is 316 g/mol. The molecule has 0 saturated carbocycles. The standard InChI is InChI=1S/C17H17ClN2O2/c1-2-7-22-17-10-19-14(9-16(17)21)11-20-6-5-12-8-13(18)3-4-15(12)20/h3-6,8-10H,2,7,11H2,1H3,(H,19,21). The molecule has 2 heterocycles. The molecule has 5 heteroatoms. The van der Waals surface area contributed by atoms with Gasteiger partial charge in [-0.05, 0) is 30.7 Å². The Hall–Kier alpha value is -2.20. The summed E-state index contributed by atoms with van der Waals surface area (Å²) in [5.74, 6) is 0.370. The van der Waals surface area contributed by atoms with E-state index in [4.69, 9.17) is 16.3 Å². The molecule has 1 aromatic carbocycles. The number of nitrogens with zero attached hydrogens (tertiary/aromatic N) is 1. The zero-order valence-corrected chi connectivity index (χ0v) is 13.1. The van der Waals surface area contributed by atoms with Crippen molar-refractivity contribution in [3.8, 4) is 5.75 Å². The molecule has 0 radical (unpaired) electrons. The van der Waals surface area contributed by atoms with Gasteiger partial charge < -0.3 is 14.3 Å². The Morgan fingerprint density at radius 3 is 2.91 bits per heavy atom. The van der Waals surface area contributed by atoms with E-state index in [1.54, 1.807) is 12.3 Å². The summed E-state index contributed by atoms with van der Waals surface area (Å²) in [4.78, 5) is 15.1. The molecule has 2 aromatic heterocycles. The van der Waals surface area contributed by atoms with Gasteiger partial charge in [-0.3, -0.25) is 4.79 Å². The quantitative estimate of drug-likeness (QED) is 0.778. The highest BCUT2D eigenvalue weighted by Crippen LogP contribution is 2.21. The molecule has 0 aliphatic rings. The van der Waals surface area contributed by atoms with Gasteiger partial charge in [-0.15, -0.1) is 0 Å². The van der Waals surface area contributed by atoms with Crippen LogP contribution in [0.15, 0.2) is 47.5 Å². The maximum atomic E-state index is 12.0. The fraction of sp³-hybridized carbons (Fsp3) is 0.235. The molecule has 0 aliphatic carbocycles. The number of nitrogens with one attached hydrogen (secondary N) is 1. The molecule has 114 valence electrons. The highest BCUT2D eigenvalue weighted by atomic mass is 35.5. The maximum Gasteiger partial charge on any atom is 0.223 e. The smallest absolute Gasteiger partial charge is 0.223 e. The van der Waals surface area contributed by atoms with Gasteiger partial charge in [0.15, 0.2) is 5.75 Å². The summed E-state index contributed by atoms with van der Waals surface area (Å²) < 4.78 is 7.47. The summed E-state index contributed by atoms with van der Waals surface area (Å²) in [5.41, 5.74) is 1.82. The molecule has 3 aromatic rings. The summed E-state index contributed by atoms with van der Waals surface area (Å²) in [7, 11) is 0. The van der Waals surface area contributed by atoms with E-state index >= 15 is 0 Å². The predicted molar refractivity (Wildman–Crippen MR) is 88.9 cm³/mol. The topological polar surface area (TPSA) is 47.0 Å². The van der Waals surface area contributed by atoms with Crippen LogP contribution in [0.3, 0.4) is 0 Å². The van der Waals surface area contributed by atoms with Gasteiger partial charge in [0.05, 0.1) is 13.2 Å². The summed E-state index contributed by atoms with van der Waals surface area (Å²) in [6.45, 7) is 3.14. The van der Waals surface area contributed by atoms with Crippen molar-refractivity contribution >= 4 is 22.5 Å². The molecule has 0 aliphatic heterocycles. The van der Waals surface area contributed by atoms with Crippen LogP contribution in [0.1, 0.15) is 19.0 Å². The molecule has 0 amide bonds. The number of halogens is 1. The number of benzene rings is 1. The fourth-order valence-corrected chi connectivity index (χ4v) is 2.59. The minimum absolute atomic E-state index is 0.0956. The van der Waals surface area contributed by atoms with Crippen LogP contribution in [0.5, 0.6) is 5.75 Å². The minimum Gasteiger partial charge on any atom is -0.488 e. The second kappa shape index (κ2) is 6.28. The molecular weight excluding hydrogens is 300 g/mol. The largest absolute Gasteiger partial charge is 0.488 e. The molecule has 0 spiro atoms. The first-order valence-corrected chi connectivity index (χ1v) is 7.64. The Morgan fingerprint density at radius 1 is 1.27 bits per heavy atom. The zero-order chi connectivity index (χ0) is 15.5. The second-order valence-corrected chi connectivity index (χ2v) is 5.62. The third-order valence-corrected chi connectivity index (χ3v) is 3.71. The minimum atomic E-state index is -0.0956. The molecule has 4 nitrogen and oxygen atoms in total. The Balaban J connectivity index is 1.86. The maximum absolute atomic E-state index is 12.0. The Labute approximate surface area is 133 Å². The Kier molecular flexibility index (Phi) is 4.20.